The van der Waals surface area contributed by atoms with Crippen molar-refractivity contribution in [2.24, 2.45) is 0 Å². The van der Waals surface area contributed by atoms with E-state index in [4.69, 9.17) is 4.74 Å². The standard InChI is InChI=1S/C20H16N2O3/c1-25-17-10-13-6-3-2-5-12(13)9-15(17)19(23)22-16-8-4-7-14-11-21-20(24)18(14)16/h2-10H,11H2,1H3,(H,21,24)(H,22,23). The molecule has 25 heavy (non-hydrogen) atoms. The van der Waals surface area contributed by atoms with Gasteiger partial charge in [-0.25, -0.2) is 0 Å². The third-order valence-electron chi connectivity index (χ3n) is 4.38. The molecule has 5 nitrogen and oxygen atoms in total. The van der Waals surface area contributed by atoms with Crippen molar-refractivity contribution in [3.05, 3.63) is 71.3 Å². The molecular formula is C20H16N2O3. The molecule has 0 aliphatic carbocycles. The second kappa shape index (κ2) is 5.94. The fourth-order valence-corrected chi connectivity index (χ4v) is 3.14. The van der Waals surface area contributed by atoms with Crippen molar-refractivity contribution in [2.45, 2.75) is 6.54 Å². The predicted molar refractivity (Wildman–Crippen MR) is 96.1 cm³/mol. The Labute approximate surface area is 144 Å². The predicted octanol–water partition coefficient (Wildman–Crippen LogP) is 3.34. The van der Waals surface area contributed by atoms with Gasteiger partial charge in [-0.05, 0) is 34.5 Å². The second-order valence-corrected chi connectivity index (χ2v) is 5.88. The van der Waals surface area contributed by atoms with Gasteiger partial charge in [0.25, 0.3) is 11.8 Å². The van der Waals surface area contributed by atoms with Gasteiger partial charge in [-0.1, -0.05) is 36.4 Å². The molecule has 5 heteroatoms. The van der Waals surface area contributed by atoms with Crippen LogP contribution >= 0.6 is 0 Å². The molecule has 1 aliphatic heterocycles. The van der Waals surface area contributed by atoms with E-state index in [0.717, 1.165) is 16.3 Å². The molecule has 0 aromatic heterocycles. The Morgan fingerprint density at radius 3 is 2.60 bits per heavy atom. The number of carbonyl (C=O) groups excluding carboxylic acids is 2. The number of benzene rings is 3. The molecule has 1 heterocycles. The fourth-order valence-electron chi connectivity index (χ4n) is 3.14. The van der Waals surface area contributed by atoms with Gasteiger partial charge >= 0.3 is 0 Å². The molecule has 0 spiro atoms. The summed E-state index contributed by atoms with van der Waals surface area (Å²) in [5.74, 6) is 0.0142. The van der Waals surface area contributed by atoms with Crippen LogP contribution in [0.15, 0.2) is 54.6 Å². The van der Waals surface area contributed by atoms with Crippen molar-refractivity contribution in [2.75, 3.05) is 12.4 Å². The van der Waals surface area contributed by atoms with Crippen LogP contribution in [0.3, 0.4) is 0 Å². The summed E-state index contributed by atoms with van der Waals surface area (Å²) in [6.45, 7) is 0.483. The molecule has 124 valence electrons. The molecule has 2 amide bonds. The second-order valence-electron chi connectivity index (χ2n) is 5.88. The van der Waals surface area contributed by atoms with Crippen LogP contribution in [0.5, 0.6) is 5.75 Å². The van der Waals surface area contributed by atoms with Crippen LogP contribution in [-0.2, 0) is 6.54 Å². The lowest BCUT2D eigenvalue weighted by Gasteiger charge is -2.12. The number of nitrogens with one attached hydrogen (secondary N) is 2. The van der Waals surface area contributed by atoms with E-state index in [1.165, 1.54) is 7.11 Å². The number of rotatable bonds is 3. The average molecular weight is 332 g/mol. The first kappa shape index (κ1) is 15.2. The van der Waals surface area contributed by atoms with Crippen molar-refractivity contribution in [1.29, 1.82) is 0 Å². The van der Waals surface area contributed by atoms with Gasteiger partial charge in [-0.3, -0.25) is 9.59 Å². The highest BCUT2D eigenvalue weighted by Gasteiger charge is 2.24. The van der Waals surface area contributed by atoms with Crippen molar-refractivity contribution in [3.8, 4) is 5.75 Å². The first-order valence-corrected chi connectivity index (χ1v) is 7.95. The lowest BCUT2D eigenvalue weighted by Crippen LogP contribution is -2.17. The van der Waals surface area contributed by atoms with Crippen LogP contribution < -0.4 is 15.4 Å². The molecule has 4 rings (SSSR count). The van der Waals surface area contributed by atoms with Gasteiger partial charge in [0.2, 0.25) is 0 Å². The Hall–Kier alpha value is -3.34. The van der Waals surface area contributed by atoms with Crippen molar-refractivity contribution in [1.82, 2.24) is 5.32 Å². The average Bonchev–Trinajstić information content (AvgIpc) is 3.02. The maximum absolute atomic E-state index is 12.8. The minimum absolute atomic E-state index is 0.170. The Morgan fingerprint density at radius 2 is 1.84 bits per heavy atom. The first-order chi connectivity index (χ1) is 12.2. The number of ether oxygens (including phenoxy) is 1. The van der Waals surface area contributed by atoms with Crippen LogP contribution in [0.1, 0.15) is 26.3 Å². The molecule has 0 bridgehead atoms. The molecule has 1 aliphatic rings. The highest BCUT2D eigenvalue weighted by Crippen LogP contribution is 2.29. The molecule has 2 N–H and O–H groups in total. The summed E-state index contributed by atoms with van der Waals surface area (Å²) in [5, 5.41) is 7.56. The summed E-state index contributed by atoms with van der Waals surface area (Å²) in [4.78, 5) is 24.8. The van der Waals surface area contributed by atoms with Crippen LogP contribution in [-0.4, -0.2) is 18.9 Å². The van der Waals surface area contributed by atoms with Gasteiger partial charge in [0, 0.05) is 6.54 Å². The lowest BCUT2D eigenvalue weighted by atomic mass is 10.0. The lowest BCUT2D eigenvalue weighted by molar-refractivity contribution is 0.0966. The number of fused-ring (bicyclic) bond motifs is 2. The topological polar surface area (TPSA) is 67.4 Å². The summed E-state index contributed by atoms with van der Waals surface area (Å²) in [6.07, 6.45) is 0. The molecule has 0 atom stereocenters. The van der Waals surface area contributed by atoms with Crippen molar-refractivity contribution in [3.63, 3.8) is 0 Å². The molecule has 3 aromatic rings. The van der Waals surface area contributed by atoms with Crippen molar-refractivity contribution >= 4 is 28.3 Å². The normalized spacial score (nSPS) is 12.6. The molecule has 0 saturated heterocycles. The minimum Gasteiger partial charge on any atom is -0.496 e. The number of hydrogen-bond donors (Lipinski definition) is 2. The van der Waals surface area contributed by atoms with Gasteiger partial charge in [-0.2, -0.15) is 0 Å². The summed E-state index contributed by atoms with van der Waals surface area (Å²) in [6, 6.07) is 16.8. The van der Waals surface area contributed by atoms with E-state index in [-0.39, 0.29) is 11.8 Å². The summed E-state index contributed by atoms with van der Waals surface area (Å²) in [7, 11) is 1.54. The zero-order chi connectivity index (χ0) is 17.4. The quantitative estimate of drug-likeness (QED) is 0.773. The Balaban J connectivity index is 1.74. The monoisotopic (exact) mass is 332 g/mol. The van der Waals surface area contributed by atoms with E-state index in [9.17, 15) is 9.59 Å². The van der Waals surface area contributed by atoms with E-state index in [2.05, 4.69) is 10.6 Å². The van der Waals surface area contributed by atoms with E-state index in [0.29, 0.717) is 29.1 Å². The fraction of sp³-hybridized carbons (Fsp3) is 0.100. The smallest absolute Gasteiger partial charge is 0.259 e. The number of methoxy groups -OCH3 is 1. The Kier molecular flexibility index (Phi) is 3.61. The Morgan fingerprint density at radius 1 is 1.08 bits per heavy atom. The third kappa shape index (κ3) is 2.59. The van der Waals surface area contributed by atoms with Crippen LogP contribution in [0, 0.1) is 0 Å². The Bertz CT molecular complexity index is 1010. The van der Waals surface area contributed by atoms with Crippen molar-refractivity contribution < 1.29 is 14.3 Å². The summed E-state index contributed by atoms with van der Waals surface area (Å²) in [5.41, 5.74) is 2.34. The van der Waals surface area contributed by atoms with E-state index >= 15 is 0 Å². The van der Waals surface area contributed by atoms with Gasteiger partial charge in [0.1, 0.15) is 5.75 Å². The summed E-state index contributed by atoms with van der Waals surface area (Å²) < 4.78 is 5.39. The zero-order valence-electron chi connectivity index (χ0n) is 13.6. The zero-order valence-corrected chi connectivity index (χ0v) is 13.6. The molecular weight excluding hydrogens is 316 g/mol. The number of hydrogen-bond acceptors (Lipinski definition) is 3. The van der Waals surface area contributed by atoms with Crippen LogP contribution in [0.25, 0.3) is 10.8 Å². The third-order valence-corrected chi connectivity index (χ3v) is 4.38. The molecule has 3 aromatic carbocycles. The maximum Gasteiger partial charge on any atom is 0.259 e. The molecule has 0 unspecified atom stereocenters. The molecule has 0 saturated carbocycles. The molecule has 0 fully saturated rings. The number of amides is 2. The highest BCUT2D eigenvalue weighted by molar-refractivity contribution is 6.12. The number of carbonyl (C=O) groups is 2. The van der Waals surface area contributed by atoms with E-state index in [1.54, 1.807) is 12.1 Å². The SMILES string of the molecule is COc1cc2ccccc2cc1C(=O)Nc1cccc2c1C(=O)NC2. The molecule has 0 radical (unpaired) electrons. The largest absolute Gasteiger partial charge is 0.496 e. The van der Waals surface area contributed by atoms with Gasteiger partial charge in [0.15, 0.2) is 0 Å². The summed E-state index contributed by atoms with van der Waals surface area (Å²) >= 11 is 0. The number of anilines is 1. The highest BCUT2D eigenvalue weighted by atomic mass is 16.5. The van der Waals surface area contributed by atoms with Gasteiger partial charge in [-0.15, -0.1) is 0 Å². The first-order valence-electron chi connectivity index (χ1n) is 7.95. The van der Waals surface area contributed by atoms with Crippen LogP contribution in [0.4, 0.5) is 5.69 Å². The van der Waals surface area contributed by atoms with E-state index in [1.807, 2.05) is 42.5 Å². The van der Waals surface area contributed by atoms with Gasteiger partial charge in [0.05, 0.1) is 23.9 Å². The maximum atomic E-state index is 12.8. The van der Waals surface area contributed by atoms with Gasteiger partial charge < -0.3 is 15.4 Å². The minimum atomic E-state index is -0.310. The van der Waals surface area contributed by atoms with E-state index < -0.39 is 0 Å². The van der Waals surface area contributed by atoms with Crippen LogP contribution in [0.2, 0.25) is 0 Å².